The molecule has 0 spiro atoms. The predicted molar refractivity (Wildman–Crippen MR) is 120 cm³/mol. The smallest absolute Gasteiger partial charge is 0.259 e. The van der Waals surface area contributed by atoms with Crippen LogP contribution in [0, 0.1) is 0 Å². The standard InChI is InChI=1S/C24H24N2O2S/c1-2-17-7-3-5-9-20(17)26-23(28)22-19-8-4-6-10-21(19)29-24(22)25-15-16-11-13-18(27)14-12-16/h3,5,7,9,11-15,27H,2,4,6,8,10H2,1H3,(H,26,28)/b25-15+. The van der Waals surface area contributed by atoms with Crippen molar-refractivity contribution in [2.24, 2.45) is 4.99 Å². The van der Waals surface area contributed by atoms with E-state index in [4.69, 9.17) is 0 Å². The molecule has 0 bridgehead atoms. The Balaban J connectivity index is 1.68. The number of aliphatic imine (C=N–C) groups is 1. The average Bonchev–Trinajstić information content (AvgIpc) is 3.12. The topological polar surface area (TPSA) is 61.7 Å². The highest BCUT2D eigenvalue weighted by Crippen LogP contribution is 2.40. The molecule has 2 aromatic carbocycles. The molecule has 0 saturated carbocycles. The maximum Gasteiger partial charge on any atom is 0.259 e. The van der Waals surface area contributed by atoms with Crippen LogP contribution in [0.5, 0.6) is 5.75 Å². The highest BCUT2D eigenvalue weighted by molar-refractivity contribution is 7.16. The van der Waals surface area contributed by atoms with E-state index < -0.39 is 0 Å². The molecule has 1 amide bonds. The van der Waals surface area contributed by atoms with Crippen LogP contribution in [-0.4, -0.2) is 17.2 Å². The molecule has 4 rings (SSSR count). The van der Waals surface area contributed by atoms with Crippen LogP contribution >= 0.6 is 11.3 Å². The molecule has 0 atom stereocenters. The Labute approximate surface area is 175 Å². The molecule has 1 aromatic heterocycles. The fraction of sp³-hybridized carbons (Fsp3) is 0.250. The first kappa shape index (κ1) is 19.4. The summed E-state index contributed by atoms with van der Waals surface area (Å²) in [7, 11) is 0. The van der Waals surface area contributed by atoms with Gasteiger partial charge in [0.2, 0.25) is 0 Å². The molecule has 0 unspecified atom stereocenters. The van der Waals surface area contributed by atoms with Gasteiger partial charge < -0.3 is 10.4 Å². The molecule has 1 heterocycles. The number of fused-ring (bicyclic) bond motifs is 1. The lowest BCUT2D eigenvalue weighted by Crippen LogP contribution is -2.15. The van der Waals surface area contributed by atoms with E-state index in [-0.39, 0.29) is 11.7 Å². The van der Waals surface area contributed by atoms with E-state index in [9.17, 15) is 9.90 Å². The zero-order valence-corrected chi connectivity index (χ0v) is 17.3. The summed E-state index contributed by atoms with van der Waals surface area (Å²) in [6.45, 7) is 2.09. The van der Waals surface area contributed by atoms with E-state index in [1.165, 1.54) is 4.88 Å². The van der Waals surface area contributed by atoms with Crippen LogP contribution in [0.25, 0.3) is 0 Å². The summed E-state index contributed by atoms with van der Waals surface area (Å²) in [5.74, 6) is 0.145. The molecule has 2 N–H and O–H groups in total. The number of anilines is 1. The van der Waals surface area contributed by atoms with Crippen molar-refractivity contribution in [1.82, 2.24) is 0 Å². The summed E-state index contributed by atoms with van der Waals surface area (Å²) in [6.07, 6.45) is 6.84. The number of carbonyl (C=O) groups is 1. The minimum Gasteiger partial charge on any atom is -0.508 e. The van der Waals surface area contributed by atoms with Gasteiger partial charge in [-0.3, -0.25) is 4.79 Å². The predicted octanol–water partition coefficient (Wildman–Crippen LogP) is 5.90. The Morgan fingerprint density at radius 1 is 1.14 bits per heavy atom. The van der Waals surface area contributed by atoms with Gasteiger partial charge in [0, 0.05) is 16.8 Å². The van der Waals surface area contributed by atoms with Crippen LogP contribution in [0.2, 0.25) is 0 Å². The summed E-state index contributed by atoms with van der Waals surface area (Å²) in [4.78, 5) is 19.2. The second-order valence-electron chi connectivity index (χ2n) is 7.21. The third kappa shape index (κ3) is 4.25. The van der Waals surface area contributed by atoms with Gasteiger partial charge in [-0.25, -0.2) is 4.99 Å². The molecule has 148 valence electrons. The number of benzene rings is 2. The lowest BCUT2D eigenvalue weighted by molar-refractivity contribution is 0.102. The van der Waals surface area contributed by atoms with Gasteiger partial charge in [0.25, 0.3) is 5.91 Å². The highest BCUT2D eigenvalue weighted by Gasteiger charge is 2.25. The first-order valence-corrected chi connectivity index (χ1v) is 10.8. The monoisotopic (exact) mass is 404 g/mol. The average molecular weight is 405 g/mol. The number of phenols is 1. The fourth-order valence-electron chi connectivity index (χ4n) is 3.71. The van der Waals surface area contributed by atoms with Crippen molar-refractivity contribution in [1.29, 1.82) is 0 Å². The number of carbonyl (C=O) groups excluding carboxylic acids is 1. The number of hydrogen-bond donors (Lipinski definition) is 2. The first-order valence-electron chi connectivity index (χ1n) is 10.0. The zero-order chi connectivity index (χ0) is 20.2. The maximum atomic E-state index is 13.3. The Bertz CT molecular complexity index is 1050. The van der Waals surface area contributed by atoms with Gasteiger partial charge in [0.1, 0.15) is 10.8 Å². The normalized spacial score (nSPS) is 13.4. The SMILES string of the molecule is CCc1ccccc1NC(=O)c1c(/N=C/c2ccc(O)cc2)sc2c1CCCC2. The van der Waals surface area contributed by atoms with Crippen LogP contribution in [0.3, 0.4) is 0 Å². The number of nitrogens with zero attached hydrogens (tertiary/aromatic N) is 1. The number of hydrogen-bond acceptors (Lipinski definition) is 4. The first-order chi connectivity index (χ1) is 14.2. The third-order valence-corrected chi connectivity index (χ3v) is 6.45. The highest BCUT2D eigenvalue weighted by atomic mass is 32.1. The minimum atomic E-state index is -0.0804. The molecule has 0 radical (unpaired) electrons. The van der Waals surface area contributed by atoms with Crippen molar-refractivity contribution in [3.05, 3.63) is 75.7 Å². The Morgan fingerprint density at radius 2 is 1.90 bits per heavy atom. The fourth-order valence-corrected chi connectivity index (χ4v) is 4.94. The second kappa shape index (κ2) is 8.62. The quantitative estimate of drug-likeness (QED) is 0.520. The van der Waals surface area contributed by atoms with Crippen molar-refractivity contribution in [2.75, 3.05) is 5.32 Å². The molecular formula is C24H24N2O2S. The van der Waals surface area contributed by atoms with Gasteiger partial charge in [-0.05, 0) is 79.1 Å². The minimum absolute atomic E-state index is 0.0804. The second-order valence-corrected chi connectivity index (χ2v) is 8.29. The van der Waals surface area contributed by atoms with Crippen LogP contribution in [0.4, 0.5) is 10.7 Å². The summed E-state index contributed by atoms with van der Waals surface area (Å²) < 4.78 is 0. The number of para-hydroxylation sites is 1. The third-order valence-electron chi connectivity index (χ3n) is 5.25. The summed E-state index contributed by atoms with van der Waals surface area (Å²) in [6, 6.07) is 14.8. The van der Waals surface area contributed by atoms with Crippen LogP contribution in [-0.2, 0) is 19.3 Å². The number of aromatic hydroxyl groups is 1. The lowest BCUT2D eigenvalue weighted by atomic mass is 9.95. The van der Waals surface area contributed by atoms with Crippen molar-refractivity contribution >= 4 is 34.1 Å². The zero-order valence-electron chi connectivity index (χ0n) is 16.4. The molecule has 5 heteroatoms. The number of phenolic OH excluding ortho intramolecular Hbond substituents is 1. The molecule has 0 fully saturated rings. The maximum absolute atomic E-state index is 13.3. The number of amides is 1. The molecule has 29 heavy (non-hydrogen) atoms. The van der Waals surface area contributed by atoms with Crippen molar-refractivity contribution < 1.29 is 9.90 Å². The largest absolute Gasteiger partial charge is 0.508 e. The lowest BCUT2D eigenvalue weighted by Gasteiger charge is -2.14. The van der Waals surface area contributed by atoms with Gasteiger partial charge in [-0.15, -0.1) is 11.3 Å². The van der Waals surface area contributed by atoms with E-state index in [2.05, 4.69) is 17.2 Å². The van der Waals surface area contributed by atoms with Crippen LogP contribution < -0.4 is 5.32 Å². The summed E-state index contributed by atoms with van der Waals surface area (Å²) in [5.41, 5.74) is 4.75. The Morgan fingerprint density at radius 3 is 2.69 bits per heavy atom. The van der Waals surface area contributed by atoms with Gasteiger partial charge in [0.05, 0.1) is 5.56 Å². The Kier molecular flexibility index (Phi) is 5.76. The summed E-state index contributed by atoms with van der Waals surface area (Å²) in [5, 5.41) is 13.3. The molecular weight excluding hydrogens is 380 g/mol. The number of aryl methyl sites for hydroxylation is 2. The van der Waals surface area contributed by atoms with E-state index in [1.54, 1.807) is 29.7 Å². The van der Waals surface area contributed by atoms with Gasteiger partial charge >= 0.3 is 0 Å². The molecule has 4 nitrogen and oxygen atoms in total. The Hall–Kier alpha value is -2.92. The van der Waals surface area contributed by atoms with E-state index >= 15 is 0 Å². The van der Waals surface area contributed by atoms with Gasteiger partial charge in [0.15, 0.2) is 0 Å². The molecule has 1 aliphatic rings. The van der Waals surface area contributed by atoms with Crippen LogP contribution in [0.15, 0.2) is 53.5 Å². The van der Waals surface area contributed by atoms with E-state index in [1.807, 2.05) is 36.4 Å². The van der Waals surface area contributed by atoms with E-state index in [0.717, 1.165) is 59.5 Å². The van der Waals surface area contributed by atoms with Gasteiger partial charge in [-0.1, -0.05) is 25.1 Å². The van der Waals surface area contributed by atoms with Crippen molar-refractivity contribution in [2.45, 2.75) is 39.0 Å². The van der Waals surface area contributed by atoms with Crippen LogP contribution in [0.1, 0.15) is 51.7 Å². The molecule has 0 saturated heterocycles. The number of nitrogens with one attached hydrogen (secondary N) is 1. The molecule has 1 aliphatic carbocycles. The van der Waals surface area contributed by atoms with Crippen molar-refractivity contribution in [3.63, 3.8) is 0 Å². The molecule has 0 aliphatic heterocycles. The van der Waals surface area contributed by atoms with Crippen molar-refractivity contribution in [3.8, 4) is 5.75 Å². The molecule has 3 aromatic rings. The van der Waals surface area contributed by atoms with Gasteiger partial charge in [-0.2, -0.15) is 0 Å². The number of rotatable bonds is 5. The number of thiophene rings is 1. The summed E-state index contributed by atoms with van der Waals surface area (Å²) >= 11 is 1.63. The van der Waals surface area contributed by atoms with E-state index in [0.29, 0.717) is 5.56 Å².